The second kappa shape index (κ2) is 6.98. The van der Waals surface area contributed by atoms with Gasteiger partial charge in [0.15, 0.2) is 0 Å². The molecule has 4 nitrogen and oxygen atoms in total. The fourth-order valence-electron chi connectivity index (χ4n) is 5.69. The zero-order valence-electron chi connectivity index (χ0n) is 15.7. The van der Waals surface area contributed by atoms with Crippen molar-refractivity contribution in [2.75, 3.05) is 24.5 Å². The highest BCUT2D eigenvalue weighted by Gasteiger charge is 2.45. The van der Waals surface area contributed by atoms with E-state index in [1.807, 2.05) is 6.07 Å². The van der Waals surface area contributed by atoms with E-state index in [1.165, 1.54) is 37.8 Å². The van der Waals surface area contributed by atoms with E-state index in [0.29, 0.717) is 29.6 Å². The molecule has 1 aromatic heterocycles. The summed E-state index contributed by atoms with van der Waals surface area (Å²) >= 11 is 0. The molecule has 0 unspecified atom stereocenters. The fourth-order valence-corrected chi connectivity index (χ4v) is 5.69. The van der Waals surface area contributed by atoms with Crippen LogP contribution in [-0.2, 0) is 0 Å². The van der Waals surface area contributed by atoms with Crippen LogP contribution in [-0.4, -0.2) is 35.6 Å². The van der Waals surface area contributed by atoms with Crippen LogP contribution in [0.15, 0.2) is 48.5 Å². The van der Waals surface area contributed by atoms with Gasteiger partial charge in [-0.2, -0.15) is 5.26 Å². The Morgan fingerprint density at radius 2 is 1.85 bits per heavy atom. The standard InChI is InChI=1S/C23H26N4/c24-13-20-8-4-11-23(25-20)26-14-17-12-19(16-26)22-10-5-9-21(27(22)15-17)18-6-2-1-3-7-18/h1-4,6-8,11,17,19,21-22H,5,9-10,12,14-16H2/t17-,19+,21+,22-/m0/s1. The molecule has 2 aromatic rings. The van der Waals surface area contributed by atoms with Gasteiger partial charge in [0.1, 0.15) is 17.6 Å². The molecule has 0 N–H and O–H groups in total. The van der Waals surface area contributed by atoms with Crippen molar-refractivity contribution in [2.45, 2.75) is 37.8 Å². The van der Waals surface area contributed by atoms with Gasteiger partial charge in [-0.25, -0.2) is 4.98 Å². The first-order valence-corrected chi connectivity index (χ1v) is 10.2. The number of fused-ring (bicyclic) bond motifs is 4. The maximum Gasteiger partial charge on any atom is 0.142 e. The Balaban J connectivity index is 1.39. The number of benzene rings is 1. The topological polar surface area (TPSA) is 43.2 Å². The van der Waals surface area contributed by atoms with Crippen molar-refractivity contribution in [2.24, 2.45) is 11.8 Å². The Hall–Kier alpha value is -2.38. The van der Waals surface area contributed by atoms with Crippen molar-refractivity contribution < 1.29 is 0 Å². The van der Waals surface area contributed by atoms with Crippen LogP contribution in [0, 0.1) is 23.2 Å². The first-order valence-electron chi connectivity index (χ1n) is 10.2. The molecule has 2 bridgehead atoms. The molecule has 5 rings (SSSR count). The number of nitrogens with zero attached hydrogens (tertiary/aromatic N) is 4. The third kappa shape index (κ3) is 3.11. The number of hydrogen-bond acceptors (Lipinski definition) is 4. The van der Waals surface area contributed by atoms with E-state index >= 15 is 0 Å². The molecule has 3 saturated heterocycles. The van der Waals surface area contributed by atoms with Crippen LogP contribution in [0.3, 0.4) is 0 Å². The lowest BCUT2D eigenvalue weighted by Gasteiger charge is -2.55. The third-order valence-electron chi connectivity index (χ3n) is 6.74. The molecule has 0 amide bonds. The molecule has 27 heavy (non-hydrogen) atoms. The average molecular weight is 358 g/mol. The largest absolute Gasteiger partial charge is 0.356 e. The van der Waals surface area contributed by atoms with Gasteiger partial charge >= 0.3 is 0 Å². The second-order valence-corrected chi connectivity index (χ2v) is 8.38. The average Bonchev–Trinajstić information content (AvgIpc) is 2.74. The summed E-state index contributed by atoms with van der Waals surface area (Å²) in [5.41, 5.74) is 2.01. The molecule has 0 saturated carbocycles. The summed E-state index contributed by atoms with van der Waals surface area (Å²) in [6.07, 6.45) is 5.27. The van der Waals surface area contributed by atoms with Crippen molar-refractivity contribution in [1.29, 1.82) is 5.26 Å². The highest BCUT2D eigenvalue weighted by atomic mass is 15.3. The van der Waals surface area contributed by atoms with Crippen molar-refractivity contribution in [3.8, 4) is 6.07 Å². The summed E-state index contributed by atoms with van der Waals surface area (Å²) in [6.45, 7) is 3.32. The zero-order valence-corrected chi connectivity index (χ0v) is 15.7. The van der Waals surface area contributed by atoms with Gasteiger partial charge in [0.05, 0.1) is 0 Å². The number of piperidine rings is 3. The Morgan fingerprint density at radius 1 is 0.963 bits per heavy atom. The van der Waals surface area contributed by atoms with E-state index in [1.54, 1.807) is 6.07 Å². The van der Waals surface area contributed by atoms with Crippen LogP contribution in [0.1, 0.15) is 43.0 Å². The predicted octanol–water partition coefficient (Wildman–Crippen LogP) is 4.01. The molecule has 4 heterocycles. The fraction of sp³-hybridized carbons (Fsp3) is 0.478. The second-order valence-electron chi connectivity index (χ2n) is 8.38. The van der Waals surface area contributed by atoms with Crippen molar-refractivity contribution in [1.82, 2.24) is 9.88 Å². The first kappa shape index (κ1) is 16.8. The Kier molecular flexibility index (Phi) is 4.33. The van der Waals surface area contributed by atoms with Gasteiger partial charge in [-0.3, -0.25) is 4.90 Å². The molecule has 4 heteroatoms. The summed E-state index contributed by atoms with van der Waals surface area (Å²) in [5.74, 6) is 2.38. The molecular weight excluding hydrogens is 332 g/mol. The van der Waals surface area contributed by atoms with E-state index in [0.717, 1.165) is 18.9 Å². The minimum atomic E-state index is 0.520. The van der Waals surface area contributed by atoms with E-state index in [2.05, 4.69) is 57.3 Å². The lowest BCUT2D eigenvalue weighted by molar-refractivity contribution is -0.0200. The Labute approximate surface area is 161 Å². The summed E-state index contributed by atoms with van der Waals surface area (Å²) in [6, 6.07) is 20.4. The van der Waals surface area contributed by atoms with E-state index in [9.17, 15) is 5.26 Å². The van der Waals surface area contributed by atoms with Crippen LogP contribution in [0.25, 0.3) is 0 Å². The summed E-state index contributed by atoms with van der Waals surface area (Å²) in [7, 11) is 0. The summed E-state index contributed by atoms with van der Waals surface area (Å²) in [4.78, 5) is 9.82. The molecule has 3 fully saturated rings. The van der Waals surface area contributed by atoms with Crippen molar-refractivity contribution in [3.05, 3.63) is 59.8 Å². The van der Waals surface area contributed by atoms with Crippen LogP contribution >= 0.6 is 0 Å². The van der Waals surface area contributed by atoms with E-state index < -0.39 is 0 Å². The maximum atomic E-state index is 9.18. The molecule has 0 radical (unpaired) electrons. The van der Waals surface area contributed by atoms with Crippen LogP contribution in [0.2, 0.25) is 0 Å². The molecule has 0 aliphatic carbocycles. The van der Waals surface area contributed by atoms with Crippen molar-refractivity contribution in [3.63, 3.8) is 0 Å². The lowest BCUT2D eigenvalue weighted by atomic mass is 9.74. The molecule has 0 spiro atoms. The quantitative estimate of drug-likeness (QED) is 0.814. The summed E-state index contributed by atoms with van der Waals surface area (Å²) < 4.78 is 0. The van der Waals surface area contributed by atoms with Gasteiger partial charge in [-0.15, -0.1) is 0 Å². The van der Waals surface area contributed by atoms with Gasteiger partial charge in [0.2, 0.25) is 0 Å². The number of nitriles is 1. The predicted molar refractivity (Wildman–Crippen MR) is 106 cm³/mol. The number of pyridine rings is 1. The molecular formula is C23H26N4. The minimum absolute atomic E-state index is 0.520. The van der Waals surface area contributed by atoms with Gasteiger partial charge in [0.25, 0.3) is 0 Å². The lowest BCUT2D eigenvalue weighted by Crippen LogP contribution is -2.59. The summed E-state index contributed by atoms with van der Waals surface area (Å²) in [5, 5.41) is 9.18. The van der Waals surface area contributed by atoms with Gasteiger partial charge in [-0.05, 0) is 55.2 Å². The molecule has 4 atom stereocenters. The molecule has 3 aliphatic heterocycles. The Morgan fingerprint density at radius 3 is 2.70 bits per heavy atom. The highest BCUT2D eigenvalue weighted by Crippen LogP contribution is 2.44. The van der Waals surface area contributed by atoms with Crippen LogP contribution < -0.4 is 4.90 Å². The van der Waals surface area contributed by atoms with Gasteiger partial charge in [0, 0.05) is 31.7 Å². The first-order chi connectivity index (χ1) is 13.3. The third-order valence-corrected chi connectivity index (χ3v) is 6.74. The van der Waals surface area contributed by atoms with E-state index in [-0.39, 0.29) is 0 Å². The highest BCUT2D eigenvalue weighted by molar-refractivity contribution is 5.42. The minimum Gasteiger partial charge on any atom is -0.356 e. The Bertz CT molecular complexity index is 843. The number of rotatable bonds is 2. The van der Waals surface area contributed by atoms with Gasteiger partial charge < -0.3 is 4.90 Å². The normalized spacial score (nSPS) is 30.4. The monoisotopic (exact) mass is 358 g/mol. The SMILES string of the molecule is N#Cc1cccc(N2C[C@@H]3C[C@H](C2)[C@@H]2CCC[C@H](c4ccccc4)N2C3)n1. The van der Waals surface area contributed by atoms with Crippen molar-refractivity contribution >= 4 is 5.82 Å². The van der Waals surface area contributed by atoms with Crippen LogP contribution in [0.5, 0.6) is 0 Å². The number of aromatic nitrogens is 1. The molecule has 1 aromatic carbocycles. The molecule has 3 aliphatic rings. The maximum absolute atomic E-state index is 9.18. The zero-order chi connectivity index (χ0) is 18.2. The molecule has 138 valence electrons. The smallest absolute Gasteiger partial charge is 0.142 e. The number of anilines is 1. The number of hydrogen-bond donors (Lipinski definition) is 0. The van der Waals surface area contributed by atoms with E-state index in [4.69, 9.17) is 0 Å². The van der Waals surface area contributed by atoms with Crippen LogP contribution in [0.4, 0.5) is 5.82 Å². The van der Waals surface area contributed by atoms with Gasteiger partial charge in [-0.1, -0.05) is 36.4 Å².